The molecule has 0 radical (unpaired) electrons. The SMILES string of the molecule is COC(=O)CCNc1ccc(C(=O)Nc2c(Cl)cncc2Cl)c(O)c1. The highest BCUT2D eigenvalue weighted by molar-refractivity contribution is 6.39. The van der Waals surface area contributed by atoms with Crippen LogP contribution >= 0.6 is 23.2 Å². The molecule has 2 aromatic rings. The van der Waals surface area contributed by atoms with E-state index in [-0.39, 0.29) is 39.4 Å². The van der Waals surface area contributed by atoms with Crippen LogP contribution in [0.5, 0.6) is 5.75 Å². The smallest absolute Gasteiger partial charge is 0.307 e. The molecule has 0 bridgehead atoms. The Balaban J connectivity index is 2.07. The van der Waals surface area contributed by atoms with Crippen molar-refractivity contribution in [3.8, 4) is 5.75 Å². The van der Waals surface area contributed by atoms with Gasteiger partial charge in [0.1, 0.15) is 5.75 Å². The predicted octanol–water partition coefficient (Wildman–Crippen LogP) is 3.32. The summed E-state index contributed by atoms with van der Waals surface area (Å²) in [7, 11) is 1.31. The Kier molecular flexibility index (Phi) is 6.44. The normalized spacial score (nSPS) is 10.2. The van der Waals surface area contributed by atoms with Gasteiger partial charge in [0.2, 0.25) is 0 Å². The van der Waals surface area contributed by atoms with E-state index in [2.05, 4.69) is 20.4 Å². The van der Waals surface area contributed by atoms with Crippen LogP contribution in [0.4, 0.5) is 11.4 Å². The van der Waals surface area contributed by atoms with Crippen molar-refractivity contribution in [3.05, 3.63) is 46.2 Å². The number of esters is 1. The number of ether oxygens (including phenoxy) is 1. The van der Waals surface area contributed by atoms with Crippen LogP contribution in [-0.4, -0.2) is 35.6 Å². The average Bonchev–Trinajstić information content (AvgIpc) is 2.58. The molecule has 0 aliphatic carbocycles. The number of phenols is 1. The van der Waals surface area contributed by atoms with Crippen molar-refractivity contribution >= 4 is 46.5 Å². The van der Waals surface area contributed by atoms with Gasteiger partial charge >= 0.3 is 5.97 Å². The van der Waals surface area contributed by atoms with Crippen molar-refractivity contribution in [1.82, 2.24) is 4.98 Å². The topological polar surface area (TPSA) is 101 Å². The van der Waals surface area contributed by atoms with Crippen LogP contribution in [0.1, 0.15) is 16.8 Å². The van der Waals surface area contributed by atoms with E-state index in [1.54, 1.807) is 6.07 Å². The Bertz CT molecular complexity index is 779. The monoisotopic (exact) mass is 383 g/mol. The van der Waals surface area contributed by atoms with Crippen LogP contribution in [0.2, 0.25) is 10.0 Å². The Labute approximate surface area is 153 Å². The second-order valence-electron chi connectivity index (χ2n) is 4.92. The third kappa shape index (κ3) is 4.98. The number of amides is 1. The second kappa shape index (κ2) is 8.55. The molecule has 0 saturated carbocycles. The molecule has 0 aliphatic heterocycles. The lowest BCUT2D eigenvalue weighted by molar-refractivity contribution is -0.140. The van der Waals surface area contributed by atoms with Crippen molar-refractivity contribution in [2.45, 2.75) is 6.42 Å². The highest BCUT2D eigenvalue weighted by Gasteiger charge is 2.15. The number of rotatable bonds is 6. The van der Waals surface area contributed by atoms with E-state index in [0.29, 0.717) is 12.2 Å². The lowest BCUT2D eigenvalue weighted by Gasteiger charge is -2.11. The van der Waals surface area contributed by atoms with Gasteiger partial charge in [-0.2, -0.15) is 0 Å². The van der Waals surface area contributed by atoms with E-state index in [4.69, 9.17) is 23.2 Å². The molecular weight excluding hydrogens is 369 g/mol. The van der Waals surface area contributed by atoms with Crippen LogP contribution in [0, 0.1) is 0 Å². The zero-order chi connectivity index (χ0) is 18.4. The number of halogens is 2. The van der Waals surface area contributed by atoms with Crippen molar-refractivity contribution in [1.29, 1.82) is 0 Å². The predicted molar refractivity (Wildman–Crippen MR) is 95.4 cm³/mol. The van der Waals surface area contributed by atoms with E-state index in [0.717, 1.165) is 0 Å². The Morgan fingerprint density at radius 2 is 1.92 bits per heavy atom. The molecule has 0 atom stereocenters. The Morgan fingerprint density at radius 3 is 2.52 bits per heavy atom. The van der Waals surface area contributed by atoms with E-state index in [1.165, 1.54) is 31.6 Å². The van der Waals surface area contributed by atoms with Crippen LogP contribution in [0.15, 0.2) is 30.6 Å². The maximum absolute atomic E-state index is 12.3. The fourth-order valence-electron chi connectivity index (χ4n) is 1.96. The molecule has 1 aromatic carbocycles. The van der Waals surface area contributed by atoms with Gasteiger partial charge in [0.05, 0.1) is 34.8 Å². The van der Waals surface area contributed by atoms with Gasteiger partial charge < -0.3 is 20.5 Å². The molecule has 0 aliphatic rings. The number of methoxy groups -OCH3 is 1. The number of phenolic OH excluding ortho intramolecular Hbond substituents is 1. The van der Waals surface area contributed by atoms with Crippen molar-refractivity contribution < 1.29 is 19.4 Å². The Hall–Kier alpha value is -2.51. The zero-order valence-corrected chi connectivity index (χ0v) is 14.7. The number of anilines is 2. The van der Waals surface area contributed by atoms with Crippen molar-refractivity contribution in [2.24, 2.45) is 0 Å². The molecule has 9 heteroatoms. The van der Waals surface area contributed by atoms with E-state index >= 15 is 0 Å². The number of aromatic hydroxyl groups is 1. The number of hydrogen-bond acceptors (Lipinski definition) is 6. The number of benzene rings is 1. The molecule has 0 unspecified atom stereocenters. The minimum atomic E-state index is -0.575. The molecule has 7 nitrogen and oxygen atoms in total. The lowest BCUT2D eigenvalue weighted by atomic mass is 10.1. The molecule has 1 amide bonds. The summed E-state index contributed by atoms with van der Waals surface area (Å²) in [5.74, 6) is -1.16. The molecule has 0 fully saturated rings. The van der Waals surface area contributed by atoms with Crippen LogP contribution in [0.25, 0.3) is 0 Å². The minimum Gasteiger partial charge on any atom is -0.507 e. The highest BCUT2D eigenvalue weighted by atomic mass is 35.5. The average molecular weight is 384 g/mol. The summed E-state index contributed by atoms with van der Waals surface area (Å²) in [6.07, 6.45) is 2.87. The first kappa shape index (κ1) is 18.8. The summed E-state index contributed by atoms with van der Waals surface area (Å²) in [6, 6.07) is 4.41. The van der Waals surface area contributed by atoms with E-state index < -0.39 is 5.91 Å². The number of hydrogen-bond donors (Lipinski definition) is 3. The highest BCUT2D eigenvalue weighted by Crippen LogP contribution is 2.30. The summed E-state index contributed by atoms with van der Waals surface area (Å²) in [6.45, 7) is 0.333. The third-order valence-corrected chi connectivity index (χ3v) is 3.79. The molecule has 25 heavy (non-hydrogen) atoms. The van der Waals surface area contributed by atoms with Gasteiger partial charge in [0, 0.05) is 30.7 Å². The van der Waals surface area contributed by atoms with Crippen molar-refractivity contribution in [2.75, 3.05) is 24.3 Å². The van der Waals surface area contributed by atoms with Gasteiger partial charge in [0.25, 0.3) is 5.91 Å². The van der Waals surface area contributed by atoms with Gasteiger partial charge in [-0.05, 0) is 12.1 Å². The fraction of sp³-hybridized carbons (Fsp3) is 0.188. The molecular formula is C16H15Cl2N3O4. The second-order valence-corrected chi connectivity index (χ2v) is 5.73. The number of pyridine rings is 1. The molecule has 2 rings (SSSR count). The maximum atomic E-state index is 12.3. The lowest BCUT2D eigenvalue weighted by Crippen LogP contribution is -2.13. The van der Waals surface area contributed by atoms with Gasteiger partial charge in [-0.3, -0.25) is 14.6 Å². The quantitative estimate of drug-likeness (QED) is 0.661. The van der Waals surface area contributed by atoms with Crippen molar-refractivity contribution in [3.63, 3.8) is 0 Å². The van der Waals surface area contributed by atoms with Crippen LogP contribution in [0.3, 0.4) is 0 Å². The number of nitrogens with one attached hydrogen (secondary N) is 2. The summed E-state index contributed by atoms with van der Waals surface area (Å²) < 4.78 is 4.53. The van der Waals surface area contributed by atoms with Gasteiger partial charge in [-0.15, -0.1) is 0 Å². The summed E-state index contributed by atoms with van der Waals surface area (Å²) in [5.41, 5.74) is 0.809. The van der Waals surface area contributed by atoms with Crippen LogP contribution in [-0.2, 0) is 9.53 Å². The molecule has 1 aromatic heterocycles. The molecule has 3 N–H and O–H groups in total. The first-order valence-electron chi connectivity index (χ1n) is 7.16. The molecule has 0 saturated heterocycles. The zero-order valence-electron chi connectivity index (χ0n) is 13.2. The summed E-state index contributed by atoms with van der Waals surface area (Å²) in [4.78, 5) is 27.1. The molecule has 132 valence electrons. The largest absolute Gasteiger partial charge is 0.507 e. The summed E-state index contributed by atoms with van der Waals surface area (Å²) >= 11 is 11.9. The third-order valence-electron chi connectivity index (χ3n) is 3.22. The minimum absolute atomic E-state index is 0.0439. The molecule has 0 spiro atoms. The first-order chi connectivity index (χ1) is 11.9. The van der Waals surface area contributed by atoms with Gasteiger partial charge in [0.15, 0.2) is 0 Å². The number of nitrogens with zero attached hydrogens (tertiary/aromatic N) is 1. The van der Waals surface area contributed by atoms with E-state index in [9.17, 15) is 14.7 Å². The first-order valence-corrected chi connectivity index (χ1v) is 7.92. The Morgan fingerprint density at radius 1 is 1.24 bits per heavy atom. The standard InChI is InChI=1S/C16H15Cl2N3O4/c1-25-14(23)4-5-20-9-2-3-10(13(22)6-9)16(24)21-15-11(17)7-19-8-12(15)18/h2-3,6-8,20,22H,4-5H2,1H3,(H,19,21,24). The maximum Gasteiger partial charge on any atom is 0.307 e. The fourth-order valence-corrected chi connectivity index (χ4v) is 2.42. The number of aromatic nitrogens is 1. The van der Waals surface area contributed by atoms with E-state index in [1.807, 2.05) is 0 Å². The number of carbonyl (C=O) groups excluding carboxylic acids is 2. The summed E-state index contributed by atoms with van der Waals surface area (Å²) in [5, 5.41) is 15.9. The number of carbonyl (C=O) groups is 2. The van der Waals surface area contributed by atoms with Crippen LogP contribution < -0.4 is 10.6 Å². The van der Waals surface area contributed by atoms with Gasteiger partial charge in [-0.25, -0.2) is 0 Å². The van der Waals surface area contributed by atoms with Gasteiger partial charge in [-0.1, -0.05) is 23.2 Å². The molecule has 1 heterocycles.